The second-order valence-electron chi connectivity index (χ2n) is 9.98. The molecule has 42 heavy (non-hydrogen) atoms. The zero-order valence-electron chi connectivity index (χ0n) is 25.2. The van der Waals surface area contributed by atoms with Crippen LogP contribution in [-0.4, -0.2) is 51.3 Å². The van der Waals surface area contributed by atoms with Gasteiger partial charge in [-0.05, 0) is 75.9 Å². The smallest absolute Gasteiger partial charge is 0.347 e. The molecule has 10 nitrogen and oxygen atoms in total. The molecule has 0 amide bonds. The van der Waals surface area contributed by atoms with Crippen molar-refractivity contribution in [2.24, 2.45) is 0 Å². The predicted molar refractivity (Wildman–Crippen MR) is 154 cm³/mol. The molecule has 0 bridgehead atoms. The molecule has 0 spiro atoms. The summed E-state index contributed by atoms with van der Waals surface area (Å²) in [6, 6.07) is 5.44. The van der Waals surface area contributed by atoms with Gasteiger partial charge in [0, 0.05) is 23.6 Å². The molecule has 1 aliphatic rings. The van der Waals surface area contributed by atoms with Gasteiger partial charge in [0.1, 0.15) is 39.9 Å². The molecule has 0 saturated heterocycles. The number of rotatable bonds is 11. The first-order valence-corrected chi connectivity index (χ1v) is 13.5. The Morgan fingerprint density at radius 3 is 1.95 bits per heavy atom. The molecule has 0 aliphatic carbocycles. The second kappa shape index (κ2) is 12.5. The topological polar surface area (TPSA) is 119 Å². The molecule has 224 valence electrons. The monoisotopic (exact) mass is 580 g/mol. The number of esters is 1. The number of hydrogen-bond acceptors (Lipinski definition) is 9. The molecular formula is C32H36O10. The van der Waals surface area contributed by atoms with Crippen molar-refractivity contribution in [3.05, 3.63) is 62.7 Å². The number of benzene rings is 3. The molecule has 3 aromatic carbocycles. The Kier molecular flexibility index (Phi) is 9.04. The second-order valence-corrected chi connectivity index (χ2v) is 9.98. The third-order valence-electron chi connectivity index (χ3n) is 7.54. The van der Waals surface area contributed by atoms with Gasteiger partial charge in [-0.25, -0.2) is 9.59 Å². The molecular weight excluding hydrogens is 544 g/mol. The maximum absolute atomic E-state index is 13.6. The summed E-state index contributed by atoms with van der Waals surface area (Å²) in [5, 5.41) is 9.71. The van der Waals surface area contributed by atoms with Crippen LogP contribution < -0.4 is 33.2 Å². The summed E-state index contributed by atoms with van der Waals surface area (Å²) in [6.07, 6.45) is 0.616. The lowest BCUT2D eigenvalue weighted by atomic mass is 9.96. The molecule has 0 atom stereocenters. The molecule has 1 aliphatic heterocycles. The molecule has 0 unspecified atom stereocenters. The van der Waals surface area contributed by atoms with E-state index >= 15 is 0 Å². The van der Waals surface area contributed by atoms with Gasteiger partial charge >= 0.3 is 11.9 Å². The molecule has 10 heteroatoms. The van der Waals surface area contributed by atoms with Crippen molar-refractivity contribution in [3.8, 4) is 40.2 Å². The van der Waals surface area contributed by atoms with Crippen molar-refractivity contribution in [1.29, 1.82) is 0 Å². The average molecular weight is 581 g/mol. The Balaban J connectivity index is 1.52. The fraction of sp³-hybridized carbons (Fsp3) is 0.375. The van der Waals surface area contributed by atoms with E-state index in [1.807, 2.05) is 32.9 Å². The SMILES string of the molecule is COc1c(C)c(OC(=O)c2c(C)c(C)c(OCCCOc3ccc4c(c3)OCO4)c(C)c2OC)c(C)c(C)c1C(=O)O. The van der Waals surface area contributed by atoms with Crippen LogP contribution in [0.2, 0.25) is 0 Å². The maximum Gasteiger partial charge on any atom is 0.347 e. The van der Waals surface area contributed by atoms with E-state index in [1.165, 1.54) is 14.2 Å². The Bertz CT molecular complexity index is 1540. The Labute approximate surface area is 245 Å². The number of methoxy groups -OCH3 is 2. The highest BCUT2D eigenvalue weighted by atomic mass is 16.7. The van der Waals surface area contributed by atoms with Gasteiger partial charge in [0.15, 0.2) is 11.5 Å². The highest BCUT2D eigenvalue weighted by Gasteiger charge is 2.29. The zero-order chi connectivity index (χ0) is 30.7. The lowest BCUT2D eigenvalue weighted by Gasteiger charge is -2.22. The number of carbonyl (C=O) groups is 2. The van der Waals surface area contributed by atoms with Crippen LogP contribution in [0.4, 0.5) is 0 Å². The van der Waals surface area contributed by atoms with Crippen LogP contribution in [-0.2, 0) is 0 Å². The summed E-state index contributed by atoms with van der Waals surface area (Å²) >= 11 is 0. The number of hydrogen-bond donors (Lipinski definition) is 1. The first-order valence-electron chi connectivity index (χ1n) is 13.5. The highest BCUT2D eigenvalue weighted by molar-refractivity contribution is 5.98. The fourth-order valence-electron chi connectivity index (χ4n) is 5.12. The standard InChI is InChI=1S/C32H36O10/c1-16-19(4)28(21(6)29(36-7)25(16)31(33)34)42-32(35)26-17(2)18(3)27(20(5)30(26)37-8)39-13-9-12-38-22-10-11-23-24(14-22)41-15-40-23/h10-11,14H,9,12-13,15H2,1-8H3,(H,33,34). The summed E-state index contributed by atoms with van der Waals surface area (Å²) in [5.41, 5.74) is 3.80. The lowest BCUT2D eigenvalue weighted by Crippen LogP contribution is -2.17. The van der Waals surface area contributed by atoms with Gasteiger partial charge in [0.2, 0.25) is 6.79 Å². The Morgan fingerprint density at radius 1 is 0.714 bits per heavy atom. The van der Waals surface area contributed by atoms with E-state index in [4.69, 9.17) is 33.2 Å². The quantitative estimate of drug-likeness (QED) is 0.163. The van der Waals surface area contributed by atoms with Crippen molar-refractivity contribution < 1.29 is 47.9 Å². The molecule has 0 radical (unpaired) electrons. The predicted octanol–water partition coefficient (Wildman–Crippen LogP) is 6.05. The zero-order valence-corrected chi connectivity index (χ0v) is 25.2. The van der Waals surface area contributed by atoms with Crippen LogP contribution >= 0.6 is 0 Å². The highest BCUT2D eigenvalue weighted by Crippen LogP contribution is 2.42. The minimum absolute atomic E-state index is 0.0375. The Morgan fingerprint density at radius 2 is 1.29 bits per heavy atom. The number of aromatic carboxylic acids is 1. The third kappa shape index (κ3) is 5.61. The number of fused-ring (bicyclic) bond motifs is 1. The first kappa shape index (κ1) is 30.4. The molecule has 0 saturated carbocycles. The first-order chi connectivity index (χ1) is 20.0. The molecule has 0 fully saturated rings. The molecule has 1 N–H and O–H groups in total. The van der Waals surface area contributed by atoms with E-state index in [2.05, 4.69) is 0 Å². The molecule has 3 aromatic rings. The van der Waals surface area contributed by atoms with Crippen molar-refractivity contribution in [2.45, 2.75) is 48.0 Å². The van der Waals surface area contributed by atoms with E-state index in [9.17, 15) is 14.7 Å². The van der Waals surface area contributed by atoms with Crippen molar-refractivity contribution in [3.63, 3.8) is 0 Å². The third-order valence-corrected chi connectivity index (χ3v) is 7.54. The van der Waals surface area contributed by atoms with Crippen molar-refractivity contribution in [2.75, 3.05) is 34.2 Å². The summed E-state index contributed by atoms with van der Waals surface area (Å²) in [7, 11) is 2.87. The average Bonchev–Trinajstić information content (AvgIpc) is 3.43. The van der Waals surface area contributed by atoms with Crippen LogP contribution in [0.3, 0.4) is 0 Å². The molecule has 0 aromatic heterocycles. The summed E-state index contributed by atoms with van der Waals surface area (Å²) in [4.78, 5) is 25.5. The van der Waals surface area contributed by atoms with Crippen molar-refractivity contribution in [1.82, 2.24) is 0 Å². The minimum Gasteiger partial charge on any atom is -0.495 e. The van der Waals surface area contributed by atoms with Gasteiger partial charge in [-0.3, -0.25) is 0 Å². The Hall–Kier alpha value is -4.60. The summed E-state index contributed by atoms with van der Waals surface area (Å²) in [6.45, 7) is 11.6. The van der Waals surface area contributed by atoms with E-state index in [0.717, 1.165) is 5.56 Å². The van der Waals surface area contributed by atoms with Crippen LogP contribution in [0.1, 0.15) is 60.5 Å². The van der Waals surface area contributed by atoms with E-state index < -0.39 is 11.9 Å². The van der Waals surface area contributed by atoms with E-state index in [0.29, 0.717) is 76.2 Å². The van der Waals surface area contributed by atoms with Gasteiger partial charge in [-0.2, -0.15) is 0 Å². The number of carbonyl (C=O) groups excluding carboxylic acids is 1. The van der Waals surface area contributed by atoms with Crippen LogP contribution in [0.15, 0.2) is 18.2 Å². The number of carboxylic acids is 1. The summed E-state index contributed by atoms with van der Waals surface area (Å²) < 4.78 is 39.7. The van der Waals surface area contributed by atoms with Crippen LogP contribution in [0.25, 0.3) is 0 Å². The normalized spacial score (nSPS) is 11.7. The minimum atomic E-state index is -1.12. The maximum atomic E-state index is 13.6. The van der Waals surface area contributed by atoms with E-state index in [1.54, 1.807) is 26.8 Å². The molecule has 1 heterocycles. The van der Waals surface area contributed by atoms with E-state index in [-0.39, 0.29) is 29.4 Å². The largest absolute Gasteiger partial charge is 0.495 e. The van der Waals surface area contributed by atoms with Gasteiger partial charge in [-0.1, -0.05) is 0 Å². The van der Waals surface area contributed by atoms with Gasteiger partial charge in [0.25, 0.3) is 0 Å². The number of carboxylic acid groups (broad SMARTS) is 1. The van der Waals surface area contributed by atoms with Crippen LogP contribution in [0.5, 0.6) is 40.2 Å². The van der Waals surface area contributed by atoms with Crippen LogP contribution in [0, 0.1) is 41.5 Å². The van der Waals surface area contributed by atoms with Gasteiger partial charge in [0.05, 0.1) is 27.4 Å². The van der Waals surface area contributed by atoms with Gasteiger partial charge < -0.3 is 38.3 Å². The van der Waals surface area contributed by atoms with Crippen molar-refractivity contribution >= 4 is 11.9 Å². The van der Waals surface area contributed by atoms with Gasteiger partial charge in [-0.15, -0.1) is 0 Å². The lowest BCUT2D eigenvalue weighted by molar-refractivity contribution is 0.0692. The summed E-state index contributed by atoms with van der Waals surface area (Å²) in [5.74, 6) is 1.66. The fourth-order valence-corrected chi connectivity index (χ4v) is 5.12. The number of ether oxygens (including phenoxy) is 7. The molecule has 4 rings (SSSR count).